The first-order chi connectivity index (χ1) is 17.8. The number of fused-ring (bicyclic) bond motifs is 1. The summed E-state index contributed by atoms with van der Waals surface area (Å²) in [7, 11) is 0. The number of carbonyl (C=O) groups is 3. The van der Waals surface area contributed by atoms with Crippen molar-refractivity contribution in [2.24, 2.45) is 23.2 Å². The molecule has 2 aliphatic carbocycles. The van der Waals surface area contributed by atoms with E-state index in [1.54, 1.807) is 0 Å². The molecule has 3 heteroatoms. The summed E-state index contributed by atoms with van der Waals surface area (Å²) in [5.41, 5.74) is 6.52. The van der Waals surface area contributed by atoms with Crippen LogP contribution in [0.15, 0.2) is 6.07 Å². The number of benzene rings is 1. The van der Waals surface area contributed by atoms with E-state index in [2.05, 4.69) is 61.5 Å². The summed E-state index contributed by atoms with van der Waals surface area (Å²) in [4.78, 5) is 37.5. The molecule has 1 aromatic carbocycles. The second kappa shape index (κ2) is 14.6. The summed E-state index contributed by atoms with van der Waals surface area (Å²) < 4.78 is 0. The van der Waals surface area contributed by atoms with Gasteiger partial charge < -0.3 is 0 Å². The second-order valence-electron chi connectivity index (χ2n) is 13.5. The van der Waals surface area contributed by atoms with E-state index >= 15 is 0 Å². The Hall–Kier alpha value is -1.77. The van der Waals surface area contributed by atoms with Crippen molar-refractivity contribution < 1.29 is 14.4 Å². The summed E-state index contributed by atoms with van der Waals surface area (Å²) in [5.74, 6) is 1.14. The van der Waals surface area contributed by atoms with Crippen molar-refractivity contribution in [3.8, 4) is 0 Å². The van der Waals surface area contributed by atoms with Crippen molar-refractivity contribution >= 4 is 17.3 Å². The van der Waals surface area contributed by atoms with Crippen LogP contribution in [0, 0.1) is 37.0 Å². The molecule has 0 heterocycles. The van der Waals surface area contributed by atoms with Gasteiger partial charge in [0.15, 0.2) is 5.78 Å². The number of Topliss-reactive ketones (excluding diaryl/α,β-unsaturated/α-hetero) is 3. The van der Waals surface area contributed by atoms with Gasteiger partial charge in [-0.05, 0) is 98.3 Å². The van der Waals surface area contributed by atoms with Gasteiger partial charge >= 0.3 is 0 Å². The SMILES string of the molecule is CC1(C)CCCCC1.CCCC(CC1CC(=O)c2c(C)c(C)cc(C(C)C)c2C1)C(CC)C(=O)CC(C)=O. The molecule has 214 valence electrons. The van der Waals surface area contributed by atoms with Crippen molar-refractivity contribution in [2.45, 2.75) is 145 Å². The molecule has 0 saturated heterocycles. The van der Waals surface area contributed by atoms with E-state index in [-0.39, 0.29) is 41.5 Å². The smallest absolute Gasteiger partial charge is 0.163 e. The zero-order valence-electron chi connectivity index (χ0n) is 26.1. The minimum Gasteiger partial charge on any atom is -0.300 e. The highest BCUT2D eigenvalue weighted by Gasteiger charge is 2.34. The predicted molar refractivity (Wildman–Crippen MR) is 160 cm³/mol. The first-order valence-corrected chi connectivity index (χ1v) is 15.5. The van der Waals surface area contributed by atoms with E-state index in [0.29, 0.717) is 17.8 Å². The van der Waals surface area contributed by atoms with E-state index in [0.717, 1.165) is 43.2 Å². The molecule has 0 bridgehead atoms. The molecule has 1 aromatic rings. The molecule has 3 nitrogen and oxygen atoms in total. The van der Waals surface area contributed by atoms with E-state index < -0.39 is 0 Å². The van der Waals surface area contributed by atoms with Crippen molar-refractivity contribution in [2.75, 3.05) is 0 Å². The van der Waals surface area contributed by atoms with Crippen LogP contribution in [0.2, 0.25) is 0 Å². The Morgan fingerprint density at radius 2 is 1.66 bits per heavy atom. The molecule has 1 saturated carbocycles. The van der Waals surface area contributed by atoms with Crippen LogP contribution in [0.3, 0.4) is 0 Å². The lowest BCUT2D eigenvalue weighted by molar-refractivity contribution is -0.129. The average molecular weight is 525 g/mol. The largest absolute Gasteiger partial charge is 0.300 e. The summed E-state index contributed by atoms with van der Waals surface area (Å²) in [6, 6.07) is 2.27. The van der Waals surface area contributed by atoms with E-state index in [9.17, 15) is 14.4 Å². The Morgan fingerprint density at radius 1 is 1.03 bits per heavy atom. The number of carbonyl (C=O) groups excluding carboxylic acids is 3. The first kappa shape index (κ1) is 32.4. The summed E-state index contributed by atoms with van der Waals surface area (Å²) in [5, 5.41) is 0. The molecule has 38 heavy (non-hydrogen) atoms. The van der Waals surface area contributed by atoms with Gasteiger partial charge in [0.2, 0.25) is 0 Å². The van der Waals surface area contributed by atoms with Crippen molar-refractivity contribution in [3.05, 3.63) is 33.9 Å². The van der Waals surface area contributed by atoms with Gasteiger partial charge in [-0.2, -0.15) is 0 Å². The summed E-state index contributed by atoms with van der Waals surface area (Å²) in [6.07, 6.45) is 12.5. The van der Waals surface area contributed by atoms with Gasteiger partial charge in [-0.3, -0.25) is 14.4 Å². The molecule has 2 aliphatic rings. The van der Waals surface area contributed by atoms with Crippen LogP contribution in [0.25, 0.3) is 0 Å². The maximum atomic E-state index is 13.2. The lowest BCUT2D eigenvalue weighted by Gasteiger charge is -2.33. The van der Waals surface area contributed by atoms with Crippen LogP contribution in [0.5, 0.6) is 0 Å². The standard InChI is InChI=1S/C27H40O3.C8H16/c1-8-10-21(22(9-2)25(29)12-18(6)28)13-20-14-24-23(16(3)4)11-17(5)19(7)27(24)26(30)15-20;1-8(2)6-4-3-5-7-8/h11,16,20-22H,8-10,12-15H2,1-7H3;3-7H2,1-2H3. The van der Waals surface area contributed by atoms with Gasteiger partial charge in [0.05, 0.1) is 6.42 Å². The normalized spacial score (nSPS) is 20.3. The Kier molecular flexibility index (Phi) is 12.4. The maximum Gasteiger partial charge on any atom is 0.163 e. The Bertz CT molecular complexity index is 960. The average Bonchev–Trinajstić information content (AvgIpc) is 2.81. The fraction of sp³-hybridized carbons (Fsp3) is 0.743. The maximum absolute atomic E-state index is 13.2. The first-order valence-electron chi connectivity index (χ1n) is 15.5. The molecule has 0 radical (unpaired) electrons. The van der Waals surface area contributed by atoms with Gasteiger partial charge in [0, 0.05) is 17.9 Å². The summed E-state index contributed by atoms with van der Waals surface area (Å²) in [6.45, 7) is 19.0. The van der Waals surface area contributed by atoms with Crippen LogP contribution in [0.4, 0.5) is 0 Å². The molecule has 1 fully saturated rings. The van der Waals surface area contributed by atoms with Crippen LogP contribution < -0.4 is 0 Å². The van der Waals surface area contributed by atoms with Gasteiger partial charge in [-0.1, -0.05) is 79.7 Å². The lowest BCUT2D eigenvalue weighted by atomic mass is 9.70. The molecular formula is C35H56O3. The zero-order valence-corrected chi connectivity index (χ0v) is 26.1. The molecule has 0 amide bonds. The fourth-order valence-corrected chi connectivity index (χ4v) is 6.99. The van der Waals surface area contributed by atoms with Crippen LogP contribution in [0.1, 0.15) is 158 Å². The molecule has 3 unspecified atom stereocenters. The molecule has 0 aromatic heterocycles. The monoisotopic (exact) mass is 524 g/mol. The van der Waals surface area contributed by atoms with Crippen LogP contribution >= 0.6 is 0 Å². The Labute approximate surface area is 233 Å². The van der Waals surface area contributed by atoms with Crippen molar-refractivity contribution in [1.82, 2.24) is 0 Å². The number of hydrogen-bond donors (Lipinski definition) is 0. The number of hydrogen-bond acceptors (Lipinski definition) is 3. The van der Waals surface area contributed by atoms with Crippen molar-refractivity contribution in [3.63, 3.8) is 0 Å². The highest BCUT2D eigenvalue weighted by Crippen LogP contribution is 2.40. The minimum absolute atomic E-state index is 0.0428. The Balaban J connectivity index is 0.000000538. The van der Waals surface area contributed by atoms with Crippen LogP contribution in [-0.2, 0) is 16.0 Å². The minimum atomic E-state index is -0.0744. The highest BCUT2D eigenvalue weighted by molar-refractivity contribution is 6.01. The van der Waals surface area contributed by atoms with E-state index in [4.69, 9.17) is 0 Å². The summed E-state index contributed by atoms with van der Waals surface area (Å²) >= 11 is 0. The van der Waals surface area contributed by atoms with Gasteiger partial charge in [0.25, 0.3) is 0 Å². The third kappa shape index (κ3) is 8.88. The van der Waals surface area contributed by atoms with E-state index in [1.807, 2.05) is 0 Å². The van der Waals surface area contributed by atoms with E-state index in [1.165, 1.54) is 55.7 Å². The van der Waals surface area contributed by atoms with Gasteiger partial charge in [0.1, 0.15) is 11.6 Å². The third-order valence-electron chi connectivity index (χ3n) is 9.20. The fourth-order valence-electron chi connectivity index (χ4n) is 6.99. The zero-order chi connectivity index (χ0) is 28.6. The number of rotatable bonds is 10. The lowest BCUT2D eigenvalue weighted by Crippen LogP contribution is -2.30. The molecule has 3 rings (SSSR count). The van der Waals surface area contributed by atoms with Crippen molar-refractivity contribution in [1.29, 1.82) is 0 Å². The van der Waals surface area contributed by atoms with Gasteiger partial charge in [-0.15, -0.1) is 0 Å². The third-order valence-corrected chi connectivity index (χ3v) is 9.20. The van der Waals surface area contributed by atoms with Crippen LogP contribution in [-0.4, -0.2) is 17.3 Å². The molecule has 0 aliphatic heterocycles. The number of aryl methyl sites for hydroxylation is 1. The predicted octanol–water partition coefficient (Wildman–Crippen LogP) is 9.53. The van der Waals surface area contributed by atoms with Gasteiger partial charge in [-0.25, -0.2) is 0 Å². The second-order valence-corrected chi connectivity index (χ2v) is 13.5. The highest BCUT2D eigenvalue weighted by atomic mass is 16.1. The molecule has 3 atom stereocenters. The quantitative estimate of drug-likeness (QED) is 0.286. The molecule has 0 N–H and O–H groups in total. The number of ketones is 3. The Morgan fingerprint density at radius 3 is 2.13 bits per heavy atom. The molecule has 0 spiro atoms. The molecular weight excluding hydrogens is 468 g/mol. The topological polar surface area (TPSA) is 51.2 Å².